The summed E-state index contributed by atoms with van der Waals surface area (Å²) in [6, 6.07) is 8.87. The summed E-state index contributed by atoms with van der Waals surface area (Å²) >= 11 is 5.97. The molecule has 1 N–H and O–H groups in total. The van der Waals surface area contributed by atoms with Crippen molar-refractivity contribution < 1.29 is 27.1 Å². The van der Waals surface area contributed by atoms with Crippen molar-refractivity contribution in [3.05, 3.63) is 99.2 Å². The number of methoxy groups -OCH3 is 1. The molecule has 1 aliphatic heterocycles. The highest BCUT2D eigenvalue weighted by Crippen LogP contribution is 2.41. The molecule has 4 nitrogen and oxygen atoms in total. The smallest absolute Gasteiger partial charge is 0.257 e. The molecule has 4 aromatic rings. The third kappa shape index (κ3) is 3.58. The molecule has 0 aliphatic carbocycles. The molecule has 174 valence electrons. The number of carbonyl (C=O) groups is 1. The van der Waals surface area contributed by atoms with E-state index < -0.39 is 35.2 Å². The zero-order valence-electron chi connectivity index (χ0n) is 17.8. The highest BCUT2D eigenvalue weighted by atomic mass is 35.5. The van der Waals surface area contributed by atoms with Crippen molar-refractivity contribution in [3.63, 3.8) is 0 Å². The first-order valence-corrected chi connectivity index (χ1v) is 10.7. The van der Waals surface area contributed by atoms with Crippen LogP contribution in [0.1, 0.15) is 33.2 Å². The Morgan fingerprint density at radius 3 is 2.53 bits per heavy atom. The number of nitrogens with one attached hydrogen (secondary N) is 1. The number of fused-ring (bicyclic) bond motifs is 3. The number of nitrogens with zero attached hydrogens (tertiary/aromatic N) is 1. The van der Waals surface area contributed by atoms with Crippen LogP contribution >= 0.6 is 11.6 Å². The molecular formula is C25H17ClF4N2O2. The number of rotatable bonds is 3. The third-order valence-electron chi connectivity index (χ3n) is 6.09. The summed E-state index contributed by atoms with van der Waals surface area (Å²) in [7, 11) is 1.53. The SMILES string of the molecule is COc1ccc2[nH]c3c(c2c1)CCN(C(=O)c1cc(Cl)ccc1F)[C@@H]3c1cc(F)c(F)cc1F. The van der Waals surface area contributed by atoms with Crippen LogP contribution in [-0.4, -0.2) is 29.4 Å². The van der Waals surface area contributed by atoms with Crippen molar-refractivity contribution >= 4 is 28.4 Å². The van der Waals surface area contributed by atoms with E-state index in [9.17, 15) is 22.4 Å². The molecule has 0 radical (unpaired) electrons. The first-order chi connectivity index (χ1) is 16.3. The van der Waals surface area contributed by atoms with Gasteiger partial charge < -0.3 is 14.6 Å². The molecule has 34 heavy (non-hydrogen) atoms. The van der Waals surface area contributed by atoms with Crippen LogP contribution in [0.3, 0.4) is 0 Å². The molecule has 1 amide bonds. The molecule has 0 unspecified atom stereocenters. The van der Waals surface area contributed by atoms with Crippen LogP contribution in [0.5, 0.6) is 5.75 Å². The minimum absolute atomic E-state index is 0.0745. The van der Waals surface area contributed by atoms with Gasteiger partial charge in [-0.1, -0.05) is 11.6 Å². The number of hydrogen-bond donors (Lipinski definition) is 1. The molecule has 1 atom stereocenters. The van der Waals surface area contributed by atoms with Crippen molar-refractivity contribution in [2.24, 2.45) is 0 Å². The van der Waals surface area contributed by atoms with Gasteiger partial charge in [0, 0.05) is 39.8 Å². The fraction of sp³-hybridized carbons (Fsp3) is 0.160. The summed E-state index contributed by atoms with van der Waals surface area (Å²) < 4.78 is 62.8. The first-order valence-electron chi connectivity index (χ1n) is 10.4. The van der Waals surface area contributed by atoms with Gasteiger partial charge in [-0.05, 0) is 54.4 Å². The molecule has 0 fully saturated rings. The molecule has 5 rings (SSSR count). The van der Waals surface area contributed by atoms with Gasteiger partial charge in [0.1, 0.15) is 23.4 Å². The molecule has 0 spiro atoms. The summed E-state index contributed by atoms with van der Waals surface area (Å²) in [5, 5.41) is 0.944. The Kier molecular flexibility index (Phi) is 5.48. The van der Waals surface area contributed by atoms with Gasteiger partial charge in [-0.15, -0.1) is 0 Å². The van der Waals surface area contributed by atoms with Gasteiger partial charge in [-0.2, -0.15) is 0 Å². The molecule has 1 aromatic heterocycles. The Hall–Kier alpha value is -3.52. The summed E-state index contributed by atoms with van der Waals surface area (Å²) in [6.45, 7) is 0.0745. The van der Waals surface area contributed by atoms with Crippen molar-refractivity contribution in [1.29, 1.82) is 0 Å². The number of amides is 1. The first kappa shape index (κ1) is 22.3. The van der Waals surface area contributed by atoms with Gasteiger partial charge in [0.15, 0.2) is 11.6 Å². The Morgan fingerprint density at radius 1 is 1.00 bits per heavy atom. The van der Waals surface area contributed by atoms with E-state index in [0.717, 1.165) is 23.1 Å². The molecule has 0 saturated heterocycles. The van der Waals surface area contributed by atoms with E-state index in [1.165, 1.54) is 24.1 Å². The van der Waals surface area contributed by atoms with Gasteiger partial charge in [-0.3, -0.25) is 4.79 Å². The van der Waals surface area contributed by atoms with Crippen molar-refractivity contribution in [2.45, 2.75) is 12.5 Å². The lowest BCUT2D eigenvalue weighted by atomic mass is 9.91. The molecule has 2 heterocycles. The largest absolute Gasteiger partial charge is 0.497 e. The van der Waals surface area contributed by atoms with Crippen LogP contribution in [-0.2, 0) is 6.42 Å². The minimum Gasteiger partial charge on any atom is -0.497 e. The summed E-state index contributed by atoms with van der Waals surface area (Å²) in [5.41, 5.74) is 1.34. The quantitative estimate of drug-likeness (QED) is 0.277. The minimum atomic E-state index is -1.35. The second kappa shape index (κ2) is 8.36. The maximum absolute atomic E-state index is 15.0. The van der Waals surface area contributed by atoms with E-state index in [-0.39, 0.29) is 22.7 Å². The van der Waals surface area contributed by atoms with E-state index in [0.29, 0.717) is 29.4 Å². The van der Waals surface area contributed by atoms with Gasteiger partial charge >= 0.3 is 0 Å². The molecule has 1 aliphatic rings. The van der Waals surface area contributed by atoms with E-state index in [4.69, 9.17) is 16.3 Å². The van der Waals surface area contributed by atoms with E-state index >= 15 is 0 Å². The Labute approximate surface area is 196 Å². The van der Waals surface area contributed by atoms with Crippen molar-refractivity contribution in [1.82, 2.24) is 9.88 Å². The van der Waals surface area contributed by atoms with E-state index in [1.54, 1.807) is 18.2 Å². The standard InChI is InChI=1S/C25H17ClF4N2O2/c1-34-13-3-5-22-15(9-13)14-6-7-32(25(33)17-8-12(26)2-4-18(17)27)24(23(14)31-22)16-10-20(29)21(30)11-19(16)28/h2-5,8-11,24,31H,6-7H2,1H3/t24-/m1/s1. The maximum Gasteiger partial charge on any atom is 0.257 e. The molecule has 3 aromatic carbocycles. The highest BCUT2D eigenvalue weighted by molar-refractivity contribution is 6.31. The molecular weight excluding hydrogens is 472 g/mol. The van der Waals surface area contributed by atoms with E-state index in [2.05, 4.69) is 4.98 Å². The summed E-state index contributed by atoms with van der Waals surface area (Å²) in [5.74, 6) is -4.59. The van der Waals surface area contributed by atoms with Crippen molar-refractivity contribution in [2.75, 3.05) is 13.7 Å². The van der Waals surface area contributed by atoms with E-state index in [1.807, 2.05) is 0 Å². The Balaban J connectivity index is 1.73. The number of aromatic nitrogens is 1. The Bertz CT molecular complexity index is 1450. The lowest BCUT2D eigenvalue weighted by Crippen LogP contribution is -2.41. The van der Waals surface area contributed by atoms with Crippen LogP contribution in [0.4, 0.5) is 17.6 Å². The lowest BCUT2D eigenvalue weighted by Gasteiger charge is -2.36. The zero-order valence-corrected chi connectivity index (χ0v) is 18.5. The van der Waals surface area contributed by atoms with Gasteiger partial charge in [0.25, 0.3) is 5.91 Å². The zero-order chi connectivity index (χ0) is 24.1. The number of hydrogen-bond acceptors (Lipinski definition) is 2. The van der Waals surface area contributed by atoms with Crippen LogP contribution in [0.15, 0.2) is 48.5 Å². The van der Waals surface area contributed by atoms with Gasteiger partial charge in [0.05, 0.1) is 12.7 Å². The van der Waals surface area contributed by atoms with Crippen LogP contribution in [0, 0.1) is 23.3 Å². The molecule has 9 heteroatoms. The average molecular weight is 489 g/mol. The molecule has 0 bridgehead atoms. The van der Waals surface area contributed by atoms with Gasteiger partial charge in [-0.25, -0.2) is 17.6 Å². The normalized spacial score (nSPS) is 15.5. The third-order valence-corrected chi connectivity index (χ3v) is 6.32. The van der Waals surface area contributed by atoms with Crippen LogP contribution < -0.4 is 4.74 Å². The average Bonchev–Trinajstić information content (AvgIpc) is 3.20. The fourth-order valence-electron chi connectivity index (χ4n) is 4.50. The monoisotopic (exact) mass is 488 g/mol. The number of benzene rings is 3. The highest BCUT2D eigenvalue weighted by Gasteiger charge is 2.37. The number of halogens is 5. The van der Waals surface area contributed by atoms with Gasteiger partial charge in [0.2, 0.25) is 0 Å². The second-order valence-corrected chi connectivity index (χ2v) is 8.43. The predicted octanol–water partition coefficient (Wildman–Crippen LogP) is 6.17. The Morgan fingerprint density at radius 2 is 1.76 bits per heavy atom. The maximum atomic E-state index is 15.0. The van der Waals surface area contributed by atoms with Crippen LogP contribution in [0.25, 0.3) is 10.9 Å². The fourth-order valence-corrected chi connectivity index (χ4v) is 4.67. The topological polar surface area (TPSA) is 45.3 Å². The summed E-state index contributed by atoms with van der Waals surface area (Å²) in [4.78, 5) is 17.9. The number of ether oxygens (including phenoxy) is 1. The second-order valence-electron chi connectivity index (χ2n) is 7.99. The number of H-pyrrole nitrogens is 1. The summed E-state index contributed by atoms with van der Waals surface area (Å²) in [6.07, 6.45) is 0.359. The number of aromatic amines is 1. The number of carbonyl (C=O) groups excluding carboxylic acids is 1. The van der Waals surface area contributed by atoms with Crippen molar-refractivity contribution in [3.8, 4) is 5.75 Å². The molecule has 0 saturated carbocycles. The van der Waals surface area contributed by atoms with Crippen LogP contribution in [0.2, 0.25) is 5.02 Å². The predicted molar refractivity (Wildman–Crippen MR) is 119 cm³/mol. The lowest BCUT2D eigenvalue weighted by molar-refractivity contribution is 0.0684.